The molecule has 0 atom stereocenters. The molecule has 0 nitrogen and oxygen atoms in total. The van der Waals surface area contributed by atoms with Crippen molar-refractivity contribution < 1.29 is 0 Å². The van der Waals surface area contributed by atoms with Gasteiger partial charge >= 0.3 is 0 Å². The third-order valence-electron chi connectivity index (χ3n) is 5.01. The normalized spacial score (nSPS) is 23.1. The number of rotatable bonds is 3. The van der Waals surface area contributed by atoms with Crippen molar-refractivity contribution in [2.24, 2.45) is 0 Å². The van der Waals surface area contributed by atoms with Crippen molar-refractivity contribution in [1.29, 1.82) is 0 Å². The summed E-state index contributed by atoms with van der Waals surface area (Å²) in [6, 6.07) is 2.36. The highest BCUT2D eigenvalue weighted by Crippen LogP contribution is 2.56. The van der Waals surface area contributed by atoms with Gasteiger partial charge in [0.05, 0.1) is 0 Å². The van der Waals surface area contributed by atoms with Crippen LogP contribution in [0.3, 0.4) is 0 Å². The summed E-state index contributed by atoms with van der Waals surface area (Å²) in [6.07, 6.45) is 15.1. The summed E-state index contributed by atoms with van der Waals surface area (Å²) in [4.78, 5) is 0. The first kappa shape index (κ1) is 14.1. The molecule has 2 aliphatic carbocycles. The first-order valence-electron chi connectivity index (χ1n) is 8.18. The Labute approximate surface area is 123 Å². The van der Waals surface area contributed by atoms with E-state index in [1.165, 1.54) is 64.2 Å². The van der Waals surface area contributed by atoms with Crippen LogP contribution in [-0.4, -0.2) is 11.3 Å². The Morgan fingerprint density at radius 3 is 1.84 bits per heavy atom. The van der Waals surface area contributed by atoms with Gasteiger partial charge in [-0.05, 0) is 60.9 Å². The molecular formula is C17H27PS. The van der Waals surface area contributed by atoms with Gasteiger partial charge in [-0.2, -0.15) is 0 Å². The van der Waals surface area contributed by atoms with Crippen LogP contribution in [0, 0.1) is 6.92 Å². The molecule has 2 aliphatic rings. The van der Waals surface area contributed by atoms with E-state index >= 15 is 0 Å². The van der Waals surface area contributed by atoms with Gasteiger partial charge < -0.3 is 0 Å². The lowest BCUT2D eigenvalue weighted by Gasteiger charge is -2.38. The predicted molar refractivity (Wildman–Crippen MR) is 89.4 cm³/mol. The molecule has 0 unspecified atom stereocenters. The summed E-state index contributed by atoms with van der Waals surface area (Å²) in [6.45, 7) is 2.35. The van der Waals surface area contributed by atoms with Crippen molar-refractivity contribution in [3.63, 3.8) is 0 Å². The smallest absolute Gasteiger partial charge is 0.0312 e. The maximum absolute atomic E-state index is 2.36. The second-order valence-corrected chi connectivity index (χ2v) is 10.3. The number of aryl methyl sites for hydroxylation is 1. The van der Waals surface area contributed by atoms with Gasteiger partial charge in [0.25, 0.3) is 0 Å². The average molecular weight is 294 g/mol. The fraction of sp³-hybridized carbons (Fsp3) is 0.765. The SMILES string of the molecule is Cc1ccsc1P(C1CCCCC1)C1CCCCC1. The molecule has 106 valence electrons. The summed E-state index contributed by atoms with van der Waals surface area (Å²) in [7, 11) is 0.143. The Morgan fingerprint density at radius 1 is 0.895 bits per heavy atom. The van der Waals surface area contributed by atoms with E-state index in [9.17, 15) is 0 Å². The van der Waals surface area contributed by atoms with Gasteiger partial charge in [-0.25, -0.2) is 0 Å². The molecule has 2 fully saturated rings. The van der Waals surface area contributed by atoms with Crippen LogP contribution in [0.4, 0.5) is 0 Å². The highest BCUT2D eigenvalue weighted by Gasteiger charge is 2.33. The van der Waals surface area contributed by atoms with Crippen LogP contribution in [0.15, 0.2) is 11.4 Å². The van der Waals surface area contributed by atoms with Gasteiger partial charge in [-0.15, -0.1) is 11.3 Å². The molecule has 1 heterocycles. The van der Waals surface area contributed by atoms with Crippen LogP contribution in [0.2, 0.25) is 0 Å². The van der Waals surface area contributed by atoms with E-state index in [1.54, 1.807) is 5.56 Å². The van der Waals surface area contributed by atoms with Crippen LogP contribution in [0.1, 0.15) is 69.8 Å². The molecule has 0 radical (unpaired) electrons. The fourth-order valence-electron chi connectivity index (χ4n) is 3.98. The molecule has 1 aromatic heterocycles. The lowest BCUT2D eigenvalue weighted by molar-refractivity contribution is 0.487. The minimum Gasteiger partial charge on any atom is -0.144 e. The van der Waals surface area contributed by atoms with Crippen molar-refractivity contribution in [3.05, 3.63) is 17.0 Å². The first-order valence-corrected chi connectivity index (χ1v) is 10.5. The second-order valence-electron chi connectivity index (χ2n) is 6.40. The van der Waals surface area contributed by atoms with Crippen LogP contribution in [0.5, 0.6) is 0 Å². The minimum atomic E-state index is 0.143. The van der Waals surface area contributed by atoms with E-state index in [0.717, 1.165) is 11.3 Å². The summed E-state index contributed by atoms with van der Waals surface area (Å²) < 4.78 is 1.81. The van der Waals surface area contributed by atoms with Gasteiger partial charge in [0.15, 0.2) is 0 Å². The lowest BCUT2D eigenvalue weighted by atomic mass is 9.99. The summed E-state index contributed by atoms with van der Waals surface area (Å²) in [5.41, 5.74) is 3.72. The van der Waals surface area contributed by atoms with Gasteiger partial charge in [0, 0.05) is 4.62 Å². The molecule has 2 saturated carbocycles. The predicted octanol–water partition coefficient (Wildman–Crippen LogP) is 5.83. The number of hydrogen-bond donors (Lipinski definition) is 0. The minimum absolute atomic E-state index is 0.143. The van der Waals surface area contributed by atoms with Crippen molar-refractivity contribution in [3.8, 4) is 0 Å². The fourth-order valence-corrected chi connectivity index (χ4v) is 9.78. The van der Waals surface area contributed by atoms with Gasteiger partial charge in [0.2, 0.25) is 0 Å². The molecule has 0 aliphatic heterocycles. The summed E-state index contributed by atoms with van der Waals surface area (Å²) >= 11 is 2.07. The molecule has 19 heavy (non-hydrogen) atoms. The number of thiophene rings is 1. The lowest BCUT2D eigenvalue weighted by Crippen LogP contribution is -2.25. The Hall–Kier alpha value is 0.130. The summed E-state index contributed by atoms with van der Waals surface area (Å²) in [5, 5.41) is 2.34. The van der Waals surface area contributed by atoms with Crippen LogP contribution in [-0.2, 0) is 0 Å². The molecular weight excluding hydrogens is 267 g/mol. The molecule has 1 aromatic rings. The zero-order valence-electron chi connectivity index (χ0n) is 12.2. The van der Waals surface area contributed by atoms with Crippen molar-refractivity contribution >= 4 is 23.9 Å². The van der Waals surface area contributed by atoms with Crippen LogP contribution in [0.25, 0.3) is 0 Å². The Kier molecular flexibility index (Phi) is 4.98. The Balaban J connectivity index is 1.83. The molecule has 0 bridgehead atoms. The molecule has 0 aromatic carbocycles. The third kappa shape index (κ3) is 3.24. The Morgan fingerprint density at radius 2 is 1.42 bits per heavy atom. The molecule has 0 saturated heterocycles. The van der Waals surface area contributed by atoms with Crippen LogP contribution < -0.4 is 4.62 Å². The standard InChI is InChI=1S/C17H27PS/c1-14-12-13-19-17(14)18(15-8-4-2-5-9-15)16-10-6-3-7-11-16/h12-13,15-16H,2-11H2,1H3. The Bertz CT molecular complexity index is 368. The largest absolute Gasteiger partial charge is 0.144 e. The van der Waals surface area contributed by atoms with E-state index < -0.39 is 0 Å². The second kappa shape index (κ2) is 6.72. The van der Waals surface area contributed by atoms with Gasteiger partial charge in [-0.3, -0.25) is 0 Å². The van der Waals surface area contributed by atoms with Crippen molar-refractivity contribution in [2.45, 2.75) is 82.4 Å². The third-order valence-corrected chi connectivity index (χ3v) is 10.2. The topological polar surface area (TPSA) is 0 Å². The van der Waals surface area contributed by atoms with Gasteiger partial charge in [-0.1, -0.05) is 46.4 Å². The van der Waals surface area contributed by atoms with Gasteiger partial charge in [0.1, 0.15) is 0 Å². The summed E-state index contributed by atoms with van der Waals surface area (Å²) in [5.74, 6) is 0. The molecule has 2 heteroatoms. The van der Waals surface area contributed by atoms with E-state index in [0.29, 0.717) is 0 Å². The van der Waals surface area contributed by atoms with E-state index in [4.69, 9.17) is 0 Å². The van der Waals surface area contributed by atoms with E-state index in [-0.39, 0.29) is 7.92 Å². The molecule has 3 rings (SSSR count). The van der Waals surface area contributed by atoms with E-state index in [2.05, 4.69) is 29.7 Å². The molecule has 0 spiro atoms. The number of hydrogen-bond acceptors (Lipinski definition) is 1. The highest BCUT2D eigenvalue weighted by atomic mass is 32.1. The molecule has 0 amide bonds. The molecule has 0 N–H and O–H groups in total. The monoisotopic (exact) mass is 294 g/mol. The van der Waals surface area contributed by atoms with E-state index in [1.807, 2.05) is 4.62 Å². The van der Waals surface area contributed by atoms with Crippen molar-refractivity contribution in [1.82, 2.24) is 0 Å². The average Bonchev–Trinajstić information content (AvgIpc) is 2.88. The first-order chi connectivity index (χ1) is 9.36. The zero-order chi connectivity index (χ0) is 13.1. The van der Waals surface area contributed by atoms with Crippen LogP contribution >= 0.6 is 19.3 Å². The quantitative estimate of drug-likeness (QED) is 0.615. The van der Waals surface area contributed by atoms with Crippen molar-refractivity contribution in [2.75, 3.05) is 0 Å². The maximum Gasteiger partial charge on any atom is 0.0312 e. The maximum atomic E-state index is 2.36. The highest BCUT2D eigenvalue weighted by molar-refractivity contribution is 7.72. The zero-order valence-corrected chi connectivity index (χ0v) is 13.9.